The maximum atomic E-state index is 5.98. The number of nitrogens with zero attached hydrogens (tertiary/aromatic N) is 3. The van der Waals surface area contributed by atoms with Gasteiger partial charge in [0.25, 0.3) is 0 Å². The largest absolute Gasteiger partial charge is 0.397 e. The zero-order valence-electron chi connectivity index (χ0n) is 12.3. The second kappa shape index (κ2) is 6.55. The van der Waals surface area contributed by atoms with Crippen molar-refractivity contribution >= 4 is 5.69 Å². The molecule has 2 aliphatic rings. The molecule has 0 aliphatic carbocycles. The summed E-state index contributed by atoms with van der Waals surface area (Å²) >= 11 is 0. The molecule has 4 nitrogen and oxygen atoms in total. The van der Waals surface area contributed by atoms with Gasteiger partial charge in [0.1, 0.15) is 0 Å². The zero-order chi connectivity index (χ0) is 13.8. The molecule has 2 aliphatic heterocycles. The Hall–Kier alpha value is -1.13. The molecule has 3 heterocycles. The molecule has 0 bridgehead atoms. The number of aromatic nitrogens is 1. The van der Waals surface area contributed by atoms with Crippen LogP contribution in [0.4, 0.5) is 5.69 Å². The van der Waals surface area contributed by atoms with Crippen LogP contribution in [0.15, 0.2) is 18.3 Å². The molecule has 2 saturated heterocycles. The number of hydrogen-bond acceptors (Lipinski definition) is 4. The van der Waals surface area contributed by atoms with Crippen LogP contribution in [0.5, 0.6) is 0 Å². The van der Waals surface area contributed by atoms with Gasteiger partial charge in [-0.05, 0) is 50.9 Å². The Morgan fingerprint density at radius 2 is 1.85 bits per heavy atom. The minimum atomic E-state index is 0.813. The van der Waals surface area contributed by atoms with Gasteiger partial charge in [-0.3, -0.25) is 9.88 Å². The highest BCUT2D eigenvalue weighted by molar-refractivity contribution is 5.41. The van der Waals surface area contributed by atoms with E-state index in [1.54, 1.807) is 0 Å². The van der Waals surface area contributed by atoms with Crippen molar-refractivity contribution in [2.45, 2.75) is 44.7 Å². The molecule has 110 valence electrons. The predicted molar refractivity (Wildman–Crippen MR) is 82.4 cm³/mol. The summed E-state index contributed by atoms with van der Waals surface area (Å²) in [7, 11) is 0. The Labute approximate surface area is 122 Å². The lowest BCUT2D eigenvalue weighted by Crippen LogP contribution is -2.46. The lowest BCUT2D eigenvalue weighted by atomic mass is 10.00. The lowest BCUT2D eigenvalue weighted by Gasteiger charge is -2.40. The third kappa shape index (κ3) is 3.30. The maximum absolute atomic E-state index is 5.98. The van der Waals surface area contributed by atoms with Crippen LogP contribution in [0.25, 0.3) is 0 Å². The van der Waals surface area contributed by atoms with Crippen LogP contribution >= 0.6 is 0 Å². The van der Waals surface area contributed by atoms with Gasteiger partial charge in [0.15, 0.2) is 0 Å². The normalized spacial score (nSPS) is 23.0. The third-order valence-corrected chi connectivity index (χ3v) is 4.76. The Kier molecular flexibility index (Phi) is 4.53. The van der Waals surface area contributed by atoms with Gasteiger partial charge in [-0.15, -0.1) is 0 Å². The fourth-order valence-corrected chi connectivity index (χ4v) is 3.52. The summed E-state index contributed by atoms with van der Waals surface area (Å²) in [5.74, 6) is 0. The molecular weight excluding hydrogens is 248 g/mol. The number of hydrogen-bond donors (Lipinski definition) is 1. The van der Waals surface area contributed by atoms with Crippen molar-refractivity contribution in [1.82, 2.24) is 14.8 Å². The van der Waals surface area contributed by atoms with E-state index < -0.39 is 0 Å². The van der Waals surface area contributed by atoms with E-state index in [9.17, 15) is 0 Å². The molecule has 2 N–H and O–H groups in total. The topological polar surface area (TPSA) is 45.4 Å². The summed E-state index contributed by atoms with van der Waals surface area (Å²) in [6, 6.07) is 4.66. The highest BCUT2D eigenvalue weighted by Crippen LogP contribution is 2.22. The van der Waals surface area contributed by atoms with E-state index in [0.29, 0.717) is 0 Å². The first-order valence-corrected chi connectivity index (χ1v) is 7.99. The Balaban J connectivity index is 1.50. The number of nitrogens with two attached hydrogens (primary N) is 1. The molecule has 1 aromatic rings. The molecule has 0 saturated carbocycles. The van der Waals surface area contributed by atoms with Crippen LogP contribution in [-0.2, 0) is 6.54 Å². The summed E-state index contributed by atoms with van der Waals surface area (Å²) in [4.78, 5) is 9.62. The summed E-state index contributed by atoms with van der Waals surface area (Å²) in [6.07, 6.45) is 8.65. The monoisotopic (exact) mass is 274 g/mol. The molecule has 1 aromatic heterocycles. The number of pyridine rings is 1. The smallest absolute Gasteiger partial charge is 0.0772 e. The third-order valence-electron chi connectivity index (χ3n) is 4.76. The van der Waals surface area contributed by atoms with Crippen molar-refractivity contribution in [2.75, 3.05) is 31.9 Å². The number of nitrogen functional groups attached to an aromatic ring is 1. The molecule has 0 radical (unpaired) electrons. The molecule has 0 amide bonds. The van der Waals surface area contributed by atoms with E-state index in [2.05, 4.69) is 14.8 Å². The second-order valence-corrected chi connectivity index (χ2v) is 6.14. The van der Waals surface area contributed by atoms with E-state index >= 15 is 0 Å². The average molecular weight is 274 g/mol. The molecule has 20 heavy (non-hydrogen) atoms. The fourth-order valence-electron chi connectivity index (χ4n) is 3.52. The first-order chi connectivity index (χ1) is 9.83. The predicted octanol–water partition coefficient (Wildman–Crippen LogP) is 2.11. The first-order valence-electron chi connectivity index (χ1n) is 7.99. The van der Waals surface area contributed by atoms with Gasteiger partial charge >= 0.3 is 0 Å². The van der Waals surface area contributed by atoms with Crippen molar-refractivity contribution in [3.05, 3.63) is 24.0 Å². The molecule has 0 unspecified atom stereocenters. The van der Waals surface area contributed by atoms with Gasteiger partial charge in [-0.2, -0.15) is 0 Å². The zero-order valence-corrected chi connectivity index (χ0v) is 12.3. The standard InChI is InChI=1S/C16H26N4/c17-15-5-4-8-18-16(15)13-19-11-6-14(7-12-19)20-9-2-1-3-10-20/h4-5,8,14H,1-3,6-7,9-13,17H2. The molecule has 0 atom stereocenters. The Morgan fingerprint density at radius 1 is 1.10 bits per heavy atom. The number of anilines is 1. The molecular formula is C16H26N4. The fraction of sp³-hybridized carbons (Fsp3) is 0.688. The molecule has 3 rings (SSSR count). The van der Waals surface area contributed by atoms with Gasteiger partial charge < -0.3 is 10.6 Å². The SMILES string of the molecule is Nc1cccnc1CN1CCC(N2CCCCC2)CC1. The van der Waals surface area contributed by atoms with E-state index in [1.165, 1.54) is 58.3 Å². The minimum Gasteiger partial charge on any atom is -0.397 e. The quantitative estimate of drug-likeness (QED) is 0.917. The van der Waals surface area contributed by atoms with Crippen molar-refractivity contribution in [3.8, 4) is 0 Å². The van der Waals surface area contributed by atoms with E-state index in [4.69, 9.17) is 5.73 Å². The van der Waals surface area contributed by atoms with Crippen LogP contribution in [0, 0.1) is 0 Å². The highest BCUT2D eigenvalue weighted by atomic mass is 15.2. The van der Waals surface area contributed by atoms with Crippen molar-refractivity contribution in [3.63, 3.8) is 0 Å². The van der Waals surface area contributed by atoms with E-state index in [0.717, 1.165) is 24.0 Å². The van der Waals surface area contributed by atoms with Crippen LogP contribution in [0.3, 0.4) is 0 Å². The van der Waals surface area contributed by atoms with Gasteiger partial charge in [-0.1, -0.05) is 6.42 Å². The van der Waals surface area contributed by atoms with Gasteiger partial charge in [0.05, 0.1) is 11.4 Å². The molecule has 4 heteroatoms. The van der Waals surface area contributed by atoms with Crippen LogP contribution in [0.1, 0.15) is 37.8 Å². The summed E-state index contributed by atoms with van der Waals surface area (Å²) < 4.78 is 0. The summed E-state index contributed by atoms with van der Waals surface area (Å²) in [5.41, 5.74) is 7.84. The van der Waals surface area contributed by atoms with Gasteiger partial charge in [0.2, 0.25) is 0 Å². The van der Waals surface area contributed by atoms with E-state index in [1.807, 2.05) is 18.3 Å². The van der Waals surface area contributed by atoms with Crippen molar-refractivity contribution in [2.24, 2.45) is 0 Å². The second-order valence-electron chi connectivity index (χ2n) is 6.14. The number of rotatable bonds is 3. The van der Waals surface area contributed by atoms with Crippen molar-refractivity contribution < 1.29 is 0 Å². The number of likely N-dealkylation sites (tertiary alicyclic amines) is 2. The number of piperidine rings is 2. The first kappa shape index (κ1) is 13.8. The highest BCUT2D eigenvalue weighted by Gasteiger charge is 2.25. The minimum absolute atomic E-state index is 0.813. The average Bonchev–Trinajstić information content (AvgIpc) is 2.51. The van der Waals surface area contributed by atoms with Crippen LogP contribution in [0.2, 0.25) is 0 Å². The molecule has 2 fully saturated rings. The molecule has 0 spiro atoms. The van der Waals surface area contributed by atoms with Gasteiger partial charge in [0, 0.05) is 31.9 Å². The van der Waals surface area contributed by atoms with Crippen molar-refractivity contribution in [1.29, 1.82) is 0 Å². The maximum Gasteiger partial charge on any atom is 0.0772 e. The lowest BCUT2D eigenvalue weighted by molar-refractivity contribution is 0.0892. The Bertz CT molecular complexity index is 420. The molecule has 0 aromatic carbocycles. The summed E-state index contributed by atoms with van der Waals surface area (Å²) in [6.45, 7) is 5.89. The summed E-state index contributed by atoms with van der Waals surface area (Å²) in [5, 5.41) is 0. The Morgan fingerprint density at radius 3 is 2.55 bits per heavy atom. The van der Waals surface area contributed by atoms with E-state index in [-0.39, 0.29) is 0 Å². The van der Waals surface area contributed by atoms with Crippen LogP contribution in [-0.4, -0.2) is 47.0 Å². The van der Waals surface area contributed by atoms with Gasteiger partial charge in [-0.25, -0.2) is 0 Å². The van der Waals surface area contributed by atoms with Crippen LogP contribution < -0.4 is 5.73 Å².